The monoisotopic (exact) mass is 146 g/mol. The van der Waals surface area contributed by atoms with Crippen LogP contribution in [0.4, 0.5) is 0 Å². The Morgan fingerprint density at radius 1 is 1.50 bits per heavy atom. The molecule has 0 aromatic carbocycles. The van der Waals surface area contributed by atoms with Crippen molar-refractivity contribution < 1.29 is 10.5 Å². The largest absolute Gasteiger partial charge is 0.368 e. The number of hydrogen-bond donors (Lipinski definition) is 3. The molecule has 0 spiro atoms. The molecule has 0 saturated carbocycles. The van der Waals surface area contributed by atoms with Crippen LogP contribution >= 0.6 is 0 Å². The second kappa shape index (κ2) is 5.20. The highest BCUT2D eigenvalue weighted by molar-refractivity contribution is 5.79. The van der Waals surface area contributed by atoms with Crippen molar-refractivity contribution in [1.82, 2.24) is 0 Å². The maximum absolute atomic E-state index is 10.4. The fraction of sp³-hybridized carbons (Fsp3) is 0.833. The van der Waals surface area contributed by atoms with Gasteiger partial charge < -0.3 is 17.2 Å². The van der Waals surface area contributed by atoms with E-state index in [9.17, 15) is 4.79 Å². The van der Waals surface area contributed by atoms with Crippen molar-refractivity contribution >= 4 is 5.91 Å². The summed E-state index contributed by atoms with van der Waals surface area (Å²) < 4.78 is 0. The Balaban J connectivity index is 3.21. The molecule has 7 N–H and O–H groups in total. The Bertz CT molecular complexity index is 105. The topological polar surface area (TPSA) is 96.8 Å². The quantitative estimate of drug-likeness (QED) is 0.399. The number of carbonyl (C=O) groups is 1. The third-order valence-corrected chi connectivity index (χ3v) is 1.38. The zero-order valence-electron chi connectivity index (χ0n) is 6.18. The minimum absolute atomic E-state index is 0.413. The summed E-state index contributed by atoms with van der Waals surface area (Å²) in [5.74, 6) is -0.413. The summed E-state index contributed by atoms with van der Waals surface area (Å²) in [6.07, 6.45) is 2.64. The van der Waals surface area contributed by atoms with Crippen LogP contribution in [0.5, 0.6) is 0 Å². The molecule has 0 heterocycles. The lowest BCUT2D eigenvalue weighted by Gasteiger charge is -2.04. The minimum Gasteiger partial charge on any atom is -0.368 e. The van der Waals surface area contributed by atoms with E-state index < -0.39 is 11.9 Å². The molecule has 0 aromatic heterocycles. The number of unbranched alkanes of at least 4 members (excludes halogenated alkanes) is 1. The highest BCUT2D eigenvalue weighted by Gasteiger charge is 2.07. The molecule has 0 fully saturated rings. The molecule has 60 valence electrons. The van der Waals surface area contributed by atoms with Crippen molar-refractivity contribution in [3.05, 3.63) is 0 Å². The summed E-state index contributed by atoms with van der Waals surface area (Å²) in [6, 6.07) is -0.466. The molecule has 0 aliphatic heterocycles. The van der Waals surface area contributed by atoms with Crippen LogP contribution in [-0.4, -0.2) is 18.5 Å². The molecule has 1 atom stereocenters. The van der Waals surface area contributed by atoms with Gasteiger partial charge in [-0.15, -0.1) is 0 Å². The van der Waals surface area contributed by atoms with Gasteiger partial charge in [0.2, 0.25) is 5.91 Å². The van der Waals surface area contributed by atoms with Crippen molar-refractivity contribution in [3.63, 3.8) is 0 Å². The normalized spacial score (nSPS) is 13.0. The summed E-state index contributed by atoms with van der Waals surface area (Å²) in [4.78, 5) is 10.4. The summed E-state index contributed by atoms with van der Waals surface area (Å²) in [7, 11) is 0. The first-order chi connectivity index (χ1) is 4.68. The van der Waals surface area contributed by atoms with Gasteiger partial charge in [-0.2, -0.15) is 0 Å². The SMILES string of the molecule is NC(=O)C(N)CCCC[NH3+]. The van der Waals surface area contributed by atoms with E-state index in [0.29, 0.717) is 6.42 Å². The average Bonchev–Trinajstić information content (AvgIpc) is 1.88. The first kappa shape index (κ1) is 9.39. The van der Waals surface area contributed by atoms with Gasteiger partial charge in [0, 0.05) is 0 Å². The van der Waals surface area contributed by atoms with Gasteiger partial charge in [-0.3, -0.25) is 4.79 Å². The number of primary amides is 1. The molecule has 4 heteroatoms. The molecule has 1 unspecified atom stereocenters. The number of carbonyl (C=O) groups excluding carboxylic acids is 1. The number of amides is 1. The standard InChI is InChI=1S/C6H15N3O/c7-4-2-1-3-5(8)6(9)10/h5H,1-4,7-8H2,(H2,9,10)/p+1. The Labute approximate surface area is 60.7 Å². The minimum atomic E-state index is -0.466. The molecule has 10 heavy (non-hydrogen) atoms. The first-order valence-electron chi connectivity index (χ1n) is 3.52. The molecular weight excluding hydrogens is 130 g/mol. The van der Waals surface area contributed by atoms with Gasteiger partial charge in [-0.05, 0) is 19.3 Å². The van der Waals surface area contributed by atoms with Gasteiger partial charge in [-0.1, -0.05) is 0 Å². The van der Waals surface area contributed by atoms with Crippen molar-refractivity contribution in [2.24, 2.45) is 11.5 Å². The summed E-state index contributed by atoms with van der Waals surface area (Å²) in [5.41, 5.74) is 14.0. The fourth-order valence-electron chi connectivity index (χ4n) is 0.683. The lowest BCUT2D eigenvalue weighted by atomic mass is 10.1. The number of nitrogens with two attached hydrogens (primary N) is 2. The Kier molecular flexibility index (Phi) is 4.88. The molecule has 0 aromatic rings. The lowest BCUT2D eigenvalue weighted by Crippen LogP contribution is -2.50. The Hall–Kier alpha value is -0.610. The number of rotatable bonds is 5. The van der Waals surface area contributed by atoms with E-state index >= 15 is 0 Å². The van der Waals surface area contributed by atoms with Crippen LogP contribution in [0.1, 0.15) is 19.3 Å². The fourth-order valence-corrected chi connectivity index (χ4v) is 0.683. The van der Waals surface area contributed by atoms with E-state index in [0.717, 1.165) is 19.4 Å². The van der Waals surface area contributed by atoms with Crippen LogP contribution in [0.2, 0.25) is 0 Å². The zero-order valence-corrected chi connectivity index (χ0v) is 6.18. The van der Waals surface area contributed by atoms with E-state index in [1.165, 1.54) is 0 Å². The second-order valence-corrected chi connectivity index (χ2v) is 2.36. The van der Waals surface area contributed by atoms with Crippen LogP contribution in [0.3, 0.4) is 0 Å². The smallest absolute Gasteiger partial charge is 0.234 e. The number of hydrogen-bond acceptors (Lipinski definition) is 2. The lowest BCUT2D eigenvalue weighted by molar-refractivity contribution is -0.368. The van der Waals surface area contributed by atoms with Gasteiger partial charge in [0.15, 0.2) is 0 Å². The molecule has 4 nitrogen and oxygen atoms in total. The third kappa shape index (κ3) is 4.29. The highest BCUT2D eigenvalue weighted by atomic mass is 16.1. The van der Waals surface area contributed by atoms with Crippen molar-refractivity contribution in [3.8, 4) is 0 Å². The van der Waals surface area contributed by atoms with Crippen molar-refractivity contribution in [1.29, 1.82) is 0 Å². The molecule has 0 bridgehead atoms. The van der Waals surface area contributed by atoms with Gasteiger partial charge >= 0.3 is 0 Å². The van der Waals surface area contributed by atoms with Crippen LogP contribution in [-0.2, 0) is 4.79 Å². The molecular formula is C6H16N3O+. The van der Waals surface area contributed by atoms with Gasteiger partial charge in [0.25, 0.3) is 0 Å². The summed E-state index contributed by atoms with van der Waals surface area (Å²) >= 11 is 0. The van der Waals surface area contributed by atoms with Crippen molar-refractivity contribution in [2.45, 2.75) is 25.3 Å². The summed E-state index contributed by atoms with van der Waals surface area (Å²) in [5, 5.41) is 0. The Morgan fingerprint density at radius 2 is 2.10 bits per heavy atom. The van der Waals surface area contributed by atoms with Gasteiger partial charge in [-0.25, -0.2) is 0 Å². The molecule has 1 amide bonds. The molecule has 0 aliphatic carbocycles. The Morgan fingerprint density at radius 3 is 2.50 bits per heavy atom. The number of quaternary nitrogens is 1. The van der Waals surface area contributed by atoms with E-state index in [-0.39, 0.29) is 0 Å². The van der Waals surface area contributed by atoms with E-state index in [4.69, 9.17) is 11.5 Å². The van der Waals surface area contributed by atoms with Crippen LogP contribution in [0.25, 0.3) is 0 Å². The predicted octanol–water partition coefficient (Wildman–Crippen LogP) is -1.79. The second-order valence-electron chi connectivity index (χ2n) is 2.36. The maximum atomic E-state index is 10.4. The van der Waals surface area contributed by atoms with Gasteiger partial charge in [0.1, 0.15) is 0 Å². The maximum Gasteiger partial charge on any atom is 0.234 e. The van der Waals surface area contributed by atoms with Crippen LogP contribution < -0.4 is 17.2 Å². The van der Waals surface area contributed by atoms with E-state index in [2.05, 4.69) is 5.73 Å². The predicted molar refractivity (Wildman–Crippen MR) is 38.8 cm³/mol. The van der Waals surface area contributed by atoms with Crippen LogP contribution in [0, 0.1) is 0 Å². The van der Waals surface area contributed by atoms with E-state index in [1.807, 2.05) is 0 Å². The van der Waals surface area contributed by atoms with Crippen LogP contribution in [0.15, 0.2) is 0 Å². The molecule has 0 saturated heterocycles. The third-order valence-electron chi connectivity index (χ3n) is 1.38. The average molecular weight is 146 g/mol. The van der Waals surface area contributed by atoms with E-state index in [1.54, 1.807) is 0 Å². The molecule has 0 aliphatic rings. The van der Waals surface area contributed by atoms with Gasteiger partial charge in [0.05, 0.1) is 12.6 Å². The summed E-state index contributed by atoms with van der Waals surface area (Å²) in [6.45, 7) is 0.894. The molecule has 0 radical (unpaired) electrons. The highest BCUT2D eigenvalue weighted by Crippen LogP contribution is 1.95. The molecule has 0 rings (SSSR count). The first-order valence-corrected chi connectivity index (χ1v) is 3.52. The van der Waals surface area contributed by atoms with Crippen molar-refractivity contribution in [2.75, 3.05) is 6.54 Å². The zero-order chi connectivity index (χ0) is 7.98.